The monoisotopic (exact) mass is 270 g/mol. The molecule has 1 aromatic heterocycles. The smallest absolute Gasteiger partial charge is 0.394 e. The van der Waals surface area contributed by atoms with Crippen molar-refractivity contribution in [1.29, 1.82) is 0 Å². The van der Waals surface area contributed by atoms with E-state index >= 15 is 0 Å². The van der Waals surface area contributed by atoms with Gasteiger partial charge in [-0.2, -0.15) is 18.3 Å². The second kappa shape index (κ2) is 4.63. The molecule has 0 spiro atoms. The van der Waals surface area contributed by atoms with Crippen molar-refractivity contribution in [2.75, 3.05) is 11.1 Å². The minimum atomic E-state index is -4.50. The Morgan fingerprint density at radius 2 is 2.11 bits per heavy atom. The molecule has 100 valence electrons. The highest BCUT2D eigenvalue weighted by Gasteiger charge is 2.30. The number of amides is 1. The summed E-state index contributed by atoms with van der Waals surface area (Å²) >= 11 is 0. The molecule has 2 aromatic rings. The van der Waals surface area contributed by atoms with E-state index in [1.54, 1.807) is 0 Å². The van der Waals surface area contributed by atoms with E-state index in [0.29, 0.717) is 0 Å². The minimum absolute atomic E-state index is 0.121. The number of hydrogen-bond donors (Lipinski definition) is 3. The molecule has 2 rings (SSSR count). The van der Waals surface area contributed by atoms with E-state index < -0.39 is 17.6 Å². The summed E-state index contributed by atoms with van der Waals surface area (Å²) in [5.41, 5.74) is 4.66. The van der Waals surface area contributed by atoms with Gasteiger partial charge in [-0.3, -0.25) is 9.89 Å². The zero-order valence-corrected chi connectivity index (χ0v) is 9.45. The van der Waals surface area contributed by atoms with Crippen LogP contribution in [0.5, 0.6) is 0 Å². The van der Waals surface area contributed by atoms with E-state index in [1.807, 2.05) is 0 Å². The average Bonchev–Trinajstić information content (AvgIpc) is 2.74. The lowest BCUT2D eigenvalue weighted by Gasteiger charge is -2.08. The van der Waals surface area contributed by atoms with E-state index in [9.17, 15) is 18.0 Å². The van der Waals surface area contributed by atoms with E-state index in [0.717, 1.165) is 18.2 Å². The molecule has 0 fully saturated rings. The minimum Gasteiger partial charge on any atom is -0.394 e. The number of nitrogen functional groups attached to an aromatic ring is 1. The lowest BCUT2D eigenvalue weighted by molar-refractivity contribution is -0.137. The van der Waals surface area contributed by atoms with Crippen molar-refractivity contribution >= 4 is 17.4 Å². The van der Waals surface area contributed by atoms with Crippen molar-refractivity contribution in [2.45, 2.75) is 6.18 Å². The number of anilines is 2. The Balaban J connectivity index is 2.23. The van der Waals surface area contributed by atoms with E-state index in [1.165, 1.54) is 12.3 Å². The number of halogens is 3. The predicted molar refractivity (Wildman–Crippen MR) is 62.4 cm³/mol. The van der Waals surface area contributed by atoms with Crippen molar-refractivity contribution in [3.63, 3.8) is 0 Å². The molecule has 1 heterocycles. The Labute approximate surface area is 105 Å². The van der Waals surface area contributed by atoms with Gasteiger partial charge in [0.2, 0.25) is 0 Å². The van der Waals surface area contributed by atoms with Crippen LogP contribution < -0.4 is 11.1 Å². The zero-order valence-electron chi connectivity index (χ0n) is 9.45. The summed E-state index contributed by atoms with van der Waals surface area (Å²) in [5, 5.41) is 8.34. The number of aromatic nitrogens is 2. The van der Waals surface area contributed by atoms with Crippen LogP contribution >= 0.6 is 0 Å². The third-order valence-electron chi connectivity index (χ3n) is 2.36. The van der Waals surface area contributed by atoms with E-state index in [4.69, 9.17) is 5.73 Å². The Hall–Kier alpha value is -2.51. The highest BCUT2D eigenvalue weighted by atomic mass is 19.4. The van der Waals surface area contributed by atoms with Crippen molar-refractivity contribution in [3.8, 4) is 0 Å². The number of nitrogens with two attached hydrogens (primary N) is 1. The number of alkyl halides is 3. The van der Waals surface area contributed by atoms with Crippen LogP contribution in [0.4, 0.5) is 24.7 Å². The van der Waals surface area contributed by atoms with Gasteiger partial charge in [-0.1, -0.05) is 6.07 Å². The molecule has 4 N–H and O–H groups in total. The maximum atomic E-state index is 12.5. The number of carbonyl (C=O) groups is 1. The van der Waals surface area contributed by atoms with Crippen LogP contribution in [0.2, 0.25) is 0 Å². The van der Waals surface area contributed by atoms with Crippen LogP contribution in [0, 0.1) is 0 Å². The summed E-state index contributed by atoms with van der Waals surface area (Å²) in [6.07, 6.45) is -3.22. The van der Waals surface area contributed by atoms with E-state index in [-0.39, 0.29) is 17.1 Å². The second-order valence-corrected chi connectivity index (χ2v) is 3.73. The molecule has 0 saturated heterocycles. The van der Waals surface area contributed by atoms with E-state index in [2.05, 4.69) is 15.5 Å². The molecule has 0 saturated carbocycles. The molecule has 8 heteroatoms. The predicted octanol–water partition coefficient (Wildman–Crippen LogP) is 2.26. The Kier molecular flexibility index (Phi) is 3.16. The summed E-state index contributed by atoms with van der Waals surface area (Å²) in [7, 11) is 0. The molecule has 0 aliphatic rings. The first-order valence-electron chi connectivity index (χ1n) is 5.15. The highest BCUT2D eigenvalue weighted by molar-refractivity contribution is 6.05. The third kappa shape index (κ3) is 2.84. The number of benzene rings is 1. The molecule has 5 nitrogen and oxygen atoms in total. The lowest BCUT2D eigenvalue weighted by atomic mass is 10.1. The summed E-state index contributed by atoms with van der Waals surface area (Å²) in [5.74, 6) is -0.565. The average molecular weight is 270 g/mol. The van der Waals surface area contributed by atoms with Crippen LogP contribution in [-0.4, -0.2) is 16.1 Å². The van der Waals surface area contributed by atoms with Gasteiger partial charge in [0.05, 0.1) is 17.4 Å². The fraction of sp³-hybridized carbons (Fsp3) is 0.0909. The SMILES string of the molecule is Nc1cn[nH]c1NC(=O)c1cccc(C(F)(F)F)c1. The quantitative estimate of drug-likeness (QED) is 0.782. The second-order valence-electron chi connectivity index (χ2n) is 3.73. The number of nitrogens with zero attached hydrogens (tertiary/aromatic N) is 1. The van der Waals surface area contributed by atoms with Gasteiger partial charge in [-0.05, 0) is 18.2 Å². The molecular formula is C11H9F3N4O. The number of H-pyrrole nitrogens is 1. The fourth-order valence-corrected chi connectivity index (χ4v) is 1.42. The highest BCUT2D eigenvalue weighted by Crippen LogP contribution is 2.29. The van der Waals surface area contributed by atoms with Crippen molar-refractivity contribution < 1.29 is 18.0 Å². The molecule has 0 aliphatic carbocycles. The molecule has 0 radical (unpaired) electrons. The molecule has 0 unspecified atom stereocenters. The number of hydrogen-bond acceptors (Lipinski definition) is 3. The molecule has 0 aliphatic heterocycles. The van der Waals surface area contributed by atoms with Gasteiger partial charge in [-0.15, -0.1) is 0 Å². The first-order valence-corrected chi connectivity index (χ1v) is 5.15. The molecule has 1 amide bonds. The summed E-state index contributed by atoms with van der Waals surface area (Å²) in [6.45, 7) is 0. The maximum Gasteiger partial charge on any atom is 0.416 e. The first kappa shape index (κ1) is 12.9. The fourth-order valence-electron chi connectivity index (χ4n) is 1.42. The molecule has 19 heavy (non-hydrogen) atoms. The lowest BCUT2D eigenvalue weighted by Crippen LogP contribution is -2.15. The van der Waals surface area contributed by atoms with Gasteiger partial charge in [0, 0.05) is 5.56 Å². The topological polar surface area (TPSA) is 83.8 Å². The largest absolute Gasteiger partial charge is 0.416 e. The van der Waals surface area contributed by atoms with Crippen LogP contribution in [0.3, 0.4) is 0 Å². The summed E-state index contributed by atoms with van der Waals surface area (Å²) < 4.78 is 37.5. The Morgan fingerprint density at radius 1 is 1.37 bits per heavy atom. The Bertz CT molecular complexity index is 606. The molecule has 0 atom stereocenters. The molecule has 1 aromatic carbocycles. The van der Waals surface area contributed by atoms with Crippen molar-refractivity contribution in [1.82, 2.24) is 10.2 Å². The first-order chi connectivity index (χ1) is 8.88. The number of carbonyl (C=O) groups excluding carboxylic acids is 1. The van der Waals surface area contributed by atoms with Crippen molar-refractivity contribution in [3.05, 3.63) is 41.6 Å². The van der Waals surface area contributed by atoms with Gasteiger partial charge >= 0.3 is 6.18 Å². The van der Waals surface area contributed by atoms with Crippen LogP contribution in [0.1, 0.15) is 15.9 Å². The van der Waals surface area contributed by atoms with Crippen molar-refractivity contribution in [2.24, 2.45) is 0 Å². The van der Waals surface area contributed by atoms with Crippen LogP contribution in [0.25, 0.3) is 0 Å². The maximum absolute atomic E-state index is 12.5. The number of aromatic amines is 1. The zero-order chi connectivity index (χ0) is 14.0. The Morgan fingerprint density at radius 3 is 2.68 bits per heavy atom. The molecular weight excluding hydrogens is 261 g/mol. The standard InChI is InChI=1S/C11H9F3N4O/c12-11(13,14)7-3-1-2-6(4-7)10(19)17-9-8(15)5-16-18-9/h1-5H,15H2,(H2,16,17,18,19). The third-order valence-corrected chi connectivity index (χ3v) is 2.36. The normalized spacial score (nSPS) is 11.3. The summed E-state index contributed by atoms with van der Waals surface area (Å²) in [6, 6.07) is 4.09. The van der Waals surface area contributed by atoms with Gasteiger partial charge in [0.15, 0.2) is 5.82 Å². The van der Waals surface area contributed by atoms with Gasteiger partial charge in [0.1, 0.15) is 0 Å². The summed E-state index contributed by atoms with van der Waals surface area (Å²) in [4.78, 5) is 11.8. The van der Waals surface area contributed by atoms with Gasteiger partial charge < -0.3 is 11.1 Å². The molecule has 0 bridgehead atoms. The van der Waals surface area contributed by atoms with Crippen LogP contribution in [-0.2, 0) is 6.18 Å². The van der Waals surface area contributed by atoms with Crippen LogP contribution in [0.15, 0.2) is 30.5 Å². The number of rotatable bonds is 2. The van der Waals surface area contributed by atoms with Gasteiger partial charge in [0.25, 0.3) is 5.91 Å². The number of nitrogens with one attached hydrogen (secondary N) is 2. The van der Waals surface area contributed by atoms with Gasteiger partial charge in [-0.25, -0.2) is 0 Å².